The van der Waals surface area contributed by atoms with Crippen molar-refractivity contribution in [1.82, 2.24) is 0 Å². The number of aromatic hydroxyl groups is 25. The van der Waals surface area contributed by atoms with Gasteiger partial charge in [-0.3, -0.25) is 0 Å². The van der Waals surface area contributed by atoms with Crippen molar-refractivity contribution in [3.05, 3.63) is 123 Å². The van der Waals surface area contributed by atoms with Gasteiger partial charge >= 0.3 is 53.7 Å². The molecule has 0 unspecified atom stereocenters. The Kier molecular flexibility index (Phi) is 20.3. The van der Waals surface area contributed by atoms with Gasteiger partial charge in [-0.2, -0.15) is 0 Å². The number of aliphatic hydroxyl groups is 1. The molecule has 48 heteroatoms. The third-order valence-corrected chi connectivity index (χ3v) is 19.2. The summed E-state index contributed by atoms with van der Waals surface area (Å²) in [6.45, 7) is -3.22. The lowest BCUT2D eigenvalue weighted by Gasteiger charge is -2.43. The maximum absolute atomic E-state index is 15.9. The topological polar surface area (TPSA) is 800 Å². The van der Waals surface area contributed by atoms with E-state index in [9.17, 15) is 152 Å². The SMILES string of the molecule is O=C(O[C@@H]1[C@H]2OC(=O)c3cc(O)c(O)c(O)c3Oc3cc4c(c(O)c3O)-c3c(cc(O)c(O)c3O)C(=O)OC[C@H]3O[C@@H](OC(=O)c5cc(O)c(O)c(O)c5Oc5cc6c(c(O)c5O)-c5c(cc(O)c(O)c5O)C(=O)O[C@@H]1[C@@H](COC6=O)O[C@H]2O)[C@H](OC(=O)c1cc(O)c(O)c(O)c1)[C@@H](OC(=O)c1cc(O)c(O)c(O)c1)[C@@H]3OC4=O)c1cc(O)c(O)c(O)c1. The number of rotatable bonds is 6. The Morgan fingerprint density at radius 1 is 0.276 bits per heavy atom. The van der Waals surface area contributed by atoms with Crippen molar-refractivity contribution in [2.75, 3.05) is 13.2 Å². The zero-order valence-corrected chi connectivity index (χ0v) is 60.2. The van der Waals surface area contributed by atoms with Crippen LogP contribution in [0.1, 0.15) is 93.2 Å². The molecule has 6 aliphatic heterocycles. The highest BCUT2D eigenvalue weighted by atomic mass is 16.8. The van der Waals surface area contributed by atoms with Gasteiger partial charge in [-0.05, 0) is 48.5 Å². The number of hydrogen-bond donors (Lipinski definition) is 26. The lowest BCUT2D eigenvalue weighted by Crippen LogP contribution is -2.63. The molecule has 9 aromatic carbocycles. The second kappa shape index (κ2) is 30.3. The summed E-state index contributed by atoms with van der Waals surface area (Å²) in [7, 11) is 0. The molecule has 0 saturated carbocycles. The Morgan fingerprint density at radius 2 is 0.553 bits per heavy atom. The summed E-state index contributed by atoms with van der Waals surface area (Å²) in [6.07, 6.45) is -28.9. The Labute approximate surface area is 675 Å². The number of carbonyl (C=O) groups is 9. The number of carbonyl (C=O) groups excluding carboxylic acids is 9. The van der Waals surface area contributed by atoms with Crippen LogP contribution in [0.3, 0.4) is 0 Å². The highest BCUT2D eigenvalue weighted by Gasteiger charge is 2.58. The average molecular weight is 1720 g/mol. The largest absolute Gasteiger partial charge is 0.504 e. The summed E-state index contributed by atoms with van der Waals surface area (Å²) in [6, 6.07) is 3.26. The van der Waals surface area contributed by atoms with Crippen LogP contribution in [-0.4, -0.2) is 261 Å². The smallest absolute Gasteiger partial charge is 0.344 e. The quantitative estimate of drug-likeness (QED) is 0.0646. The molecule has 15 rings (SSSR count). The second-order valence-electron chi connectivity index (χ2n) is 26.7. The fourth-order valence-electron chi connectivity index (χ4n) is 13.2. The van der Waals surface area contributed by atoms with E-state index in [2.05, 4.69) is 0 Å². The van der Waals surface area contributed by atoms with E-state index in [0.29, 0.717) is 36.4 Å². The summed E-state index contributed by atoms with van der Waals surface area (Å²) < 4.78 is 74.3. The van der Waals surface area contributed by atoms with Gasteiger partial charge in [-0.1, -0.05) is 0 Å². The zero-order valence-electron chi connectivity index (χ0n) is 60.2. The molecule has 0 aromatic heterocycles. The van der Waals surface area contributed by atoms with E-state index < -0.39 is 367 Å². The Hall–Kier alpha value is -17.3. The third kappa shape index (κ3) is 14.0. The van der Waals surface area contributed by atoms with Crippen LogP contribution >= 0.6 is 0 Å². The standard InChI is InChI=1S/C75H52O48/c76-24-1-15(2-25(77)42(24)86)65(101)119-61-59-36-13-111-69(105)20-11-34(49(93)53(97)40(20)39-19(70(106)117-59)8-31(83)46(90)52(39)96)113-58-23(10-33(85)48(92)56(58)100)73(109)123-75-64(122-67(103)17-5-28(80)44(88)29(81)6-17)62(120-66(102)16-3-26(78)43(87)27(79)4-16)60-37(116-75)14-112-68(104)18-7-30(82)45(89)51(95)38(18)41-21(71(107)118-60)12-35(50(94)54(41)98)114-57-22(9-32(84)47(91)55(57)99)72(108)121-63(61)74(110)115-36/h1-12,36-37,59-64,74-100,110H,13-14H2/t36-,37-,59-,60-,61+,62+,63-,64-,74-,75+/m1/s1. The van der Waals surface area contributed by atoms with Crippen molar-refractivity contribution in [3.63, 3.8) is 0 Å². The van der Waals surface area contributed by atoms with E-state index in [4.69, 9.17) is 61.6 Å². The molecule has 10 atom stereocenters. The van der Waals surface area contributed by atoms with E-state index in [1.54, 1.807) is 0 Å². The van der Waals surface area contributed by atoms with E-state index in [0.717, 1.165) is 0 Å². The molecular formula is C75H52O48. The van der Waals surface area contributed by atoms with Gasteiger partial charge in [-0.15, -0.1) is 0 Å². The van der Waals surface area contributed by atoms with Crippen molar-refractivity contribution in [3.8, 4) is 189 Å². The van der Waals surface area contributed by atoms with Crippen LogP contribution in [0, 0.1) is 0 Å². The van der Waals surface area contributed by atoms with Gasteiger partial charge in [0, 0.05) is 46.5 Å². The molecule has 640 valence electrons. The summed E-state index contributed by atoms with van der Waals surface area (Å²) in [5.41, 5.74) is -17.8. The minimum Gasteiger partial charge on any atom is -0.504 e. The predicted molar refractivity (Wildman–Crippen MR) is 378 cm³/mol. The van der Waals surface area contributed by atoms with Crippen LogP contribution in [0.2, 0.25) is 0 Å². The number of ether oxygens (including phenoxy) is 13. The van der Waals surface area contributed by atoms with Crippen LogP contribution in [0.15, 0.2) is 72.8 Å². The Morgan fingerprint density at radius 3 is 0.943 bits per heavy atom. The van der Waals surface area contributed by atoms with Gasteiger partial charge in [0.1, 0.15) is 36.5 Å². The number of aliphatic hydroxyl groups excluding tert-OH is 1. The van der Waals surface area contributed by atoms with Crippen molar-refractivity contribution in [2.45, 2.75) is 61.4 Å². The number of benzene rings is 9. The number of hydrogen-bond acceptors (Lipinski definition) is 48. The lowest BCUT2D eigenvalue weighted by atomic mass is 9.91. The van der Waals surface area contributed by atoms with Gasteiger partial charge in [-0.25, -0.2) is 43.2 Å². The number of cyclic esters (lactones) is 1. The number of fused-ring (bicyclic) bond motifs is 7. The first-order chi connectivity index (χ1) is 58.0. The Bertz CT molecular complexity index is 6070. The number of phenolic OH excluding ortho intramolecular Hbond substituents is 25. The summed E-state index contributed by atoms with van der Waals surface area (Å²) in [4.78, 5) is 136. The molecule has 0 aliphatic carbocycles. The van der Waals surface area contributed by atoms with Crippen LogP contribution in [0.4, 0.5) is 0 Å². The molecule has 6 aliphatic rings. The lowest BCUT2D eigenvalue weighted by molar-refractivity contribution is -0.284. The zero-order chi connectivity index (χ0) is 89.3. The van der Waals surface area contributed by atoms with Gasteiger partial charge in [0.25, 0.3) is 0 Å². The molecule has 48 nitrogen and oxygen atoms in total. The molecule has 2 saturated heterocycles. The van der Waals surface area contributed by atoms with E-state index in [-0.39, 0.29) is 36.4 Å². The first-order valence-electron chi connectivity index (χ1n) is 34.2. The molecule has 0 spiro atoms. The molecule has 6 heterocycles. The first kappa shape index (κ1) is 82.2. The van der Waals surface area contributed by atoms with Gasteiger partial charge in [0.15, 0.2) is 158 Å². The second-order valence-corrected chi connectivity index (χ2v) is 26.7. The monoisotopic (exact) mass is 1720 g/mol. The first-order valence-corrected chi connectivity index (χ1v) is 34.2. The van der Waals surface area contributed by atoms with Gasteiger partial charge in [0.2, 0.25) is 58.4 Å². The molecule has 26 N–H and O–H groups in total. The molecule has 2 fully saturated rings. The predicted octanol–water partition coefficient (Wildman–Crippen LogP) is 3.15. The summed E-state index contributed by atoms with van der Waals surface area (Å²) in [5.74, 6) is -64.6. The molecule has 10 bridgehead atoms. The maximum atomic E-state index is 15.9. The molecule has 123 heavy (non-hydrogen) atoms. The van der Waals surface area contributed by atoms with Crippen LogP contribution in [0.25, 0.3) is 22.3 Å². The van der Waals surface area contributed by atoms with Crippen molar-refractivity contribution >= 4 is 53.7 Å². The van der Waals surface area contributed by atoms with Crippen LogP contribution in [0.5, 0.6) is 167 Å². The summed E-state index contributed by atoms with van der Waals surface area (Å²) in [5, 5.41) is 291. The van der Waals surface area contributed by atoms with Crippen molar-refractivity contribution in [2.24, 2.45) is 0 Å². The molecule has 0 radical (unpaired) electrons. The van der Waals surface area contributed by atoms with Crippen molar-refractivity contribution < 1.29 is 237 Å². The molecule has 0 amide bonds. The number of phenols is 25. The minimum atomic E-state index is -3.13. The normalized spacial score (nSPS) is 20.5. The Balaban J connectivity index is 1.05. The van der Waals surface area contributed by atoms with Gasteiger partial charge < -0.3 is 194 Å². The van der Waals surface area contributed by atoms with Gasteiger partial charge in [0.05, 0.1) is 38.9 Å². The maximum Gasteiger partial charge on any atom is 0.344 e. The molecule has 9 aromatic rings. The van der Waals surface area contributed by atoms with E-state index >= 15 is 24.0 Å². The number of esters is 9. The molecular weight excluding hydrogens is 1670 g/mol. The fraction of sp³-hybridized carbons (Fsp3) is 0.160. The summed E-state index contributed by atoms with van der Waals surface area (Å²) >= 11 is 0. The van der Waals surface area contributed by atoms with Crippen molar-refractivity contribution in [1.29, 1.82) is 0 Å². The minimum absolute atomic E-state index is 0.112. The van der Waals surface area contributed by atoms with Crippen LogP contribution in [-0.2, 0) is 52.1 Å². The van der Waals surface area contributed by atoms with E-state index in [1.165, 1.54) is 0 Å². The third-order valence-electron chi connectivity index (χ3n) is 19.2. The highest BCUT2D eigenvalue weighted by molar-refractivity contribution is 6.11. The fourth-order valence-corrected chi connectivity index (χ4v) is 13.2. The van der Waals surface area contributed by atoms with E-state index in [1.807, 2.05) is 0 Å². The highest BCUT2D eigenvalue weighted by Crippen LogP contribution is 2.59. The van der Waals surface area contributed by atoms with Crippen LogP contribution < -0.4 is 9.47 Å². The average Bonchev–Trinajstić information content (AvgIpc) is 1.71.